The third-order valence-electron chi connectivity index (χ3n) is 6.26. The maximum absolute atomic E-state index is 10.7. The average Bonchev–Trinajstić information content (AvgIpc) is 2.82. The van der Waals surface area contributed by atoms with Crippen LogP contribution in [0.25, 0.3) is 0 Å². The van der Waals surface area contributed by atoms with Crippen molar-refractivity contribution in [1.82, 2.24) is 5.32 Å². The van der Waals surface area contributed by atoms with Gasteiger partial charge in [-0.25, -0.2) is 0 Å². The van der Waals surface area contributed by atoms with E-state index in [-0.39, 0.29) is 0 Å². The number of aliphatic hydroxyl groups is 3. The number of anilines is 1. The van der Waals surface area contributed by atoms with E-state index in [4.69, 9.17) is 9.47 Å². The lowest BCUT2D eigenvalue weighted by Crippen LogP contribution is -2.58. The molecule has 5 atom stereocenters. The van der Waals surface area contributed by atoms with Crippen LogP contribution in [0.2, 0.25) is 0 Å². The summed E-state index contributed by atoms with van der Waals surface area (Å²) in [6.45, 7) is 6.26. The van der Waals surface area contributed by atoms with Gasteiger partial charge in [0.25, 0.3) is 0 Å². The van der Waals surface area contributed by atoms with Gasteiger partial charge in [0.15, 0.2) is 0 Å². The maximum Gasteiger partial charge on any atom is 0.142 e. The van der Waals surface area contributed by atoms with Gasteiger partial charge in [0.05, 0.1) is 5.69 Å². The number of aryl methyl sites for hydroxylation is 1. The van der Waals surface area contributed by atoms with Crippen LogP contribution in [-0.4, -0.2) is 59.6 Å². The number of ether oxygens (including phenoxy) is 2. The summed E-state index contributed by atoms with van der Waals surface area (Å²) >= 11 is 0. The number of rotatable bonds is 7. The van der Waals surface area contributed by atoms with E-state index in [9.17, 15) is 15.3 Å². The third-order valence-corrected chi connectivity index (χ3v) is 6.26. The minimum atomic E-state index is -1.29. The lowest BCUT2D eigenvalue weighted by atomic mass is 9.89. The Kier molecular flexibility index (Phi) is 7.33. The molecule has 2 aromatic rings. The third kappa shape index (κ3) is 4.77. The molecule has 0 saturated carbocycles. The van der Waals surface area contributed by atoms with Gasteiger partial charge in [0, 0.05) is 6.54 Å². The first-order valence-electron chi connectivity index (χ1n) is 11.6. The molecule has 0 aliphatic carbocycles. The standard InChI is InChI=1S/C25H34N2O5/c1-3-9-27-25-23(30)21(28)22(29)24(32-25)17-7-6-16(4-2)18(14-17)12-15-5-8-20-19(13-15)26-10-11-31-20/h5-8,13-14,21-30H,3-4,9-12H2,1-2H3/t21-,22-,23+,24+,25+/m1/s1. The number of hydrogen-bond donors (Lipinski definition) is 5. The van der Waals surface area contributed by atoms with Crippen molar-refractivity contribution in [2.24, 2.45) is 0 Å². The molecule has 2 aromatic carbocycles. The smallest absolute Gasteiger partial charge is 0.142 e. The highest BCUT2D eigenvalue weighted by Gasteiger charge is 2.44. The van der Waals surface area contributed by atoms with Gasteiger partial charge in [0.2, 0.25) is 0 Å². The van der Waals surface area contributed by atoms with Crippen molar-refractivity contribution >= 4 is 5.69 Å². The van der Waals surface area contributed by atoms with Gasteiger partial charge in [0.1, 0.15) is 43.0 Å². The van der Waals surface area contributed by atoms with Crippen LogP contribution in [0.3, 0.4) is 0 Å². The summed E-state index contributed by atoms with van der Waals surface area (Å²) in [6.07, 6.45) is -2.67. The Hall–Kier alpha value is -2.16. The second-order valence-electron chi connectivity index (χ2n) is 8.57. The molecule has 2 aliphatic heterocycles. The summed E-state index contributed by atoms with van der Waals surface area (Å²) in [7, 11) is 0. The molecule has 4 rings (SSSR count). The fraction of sp³-hybridized carbons (Fsp3) is 0.520. The summed E-state index contributed by atoms with van der Waals surface area (Å²) in [4.78, 5) is 0. The Balaban J connectivity index is 1.59. The van der Waals surface area contributed by atoms with Crippen LogP contribution in [0, 0.1) is 0 Å². The van der Waals surface area contributed by atoms with Gasteiger partial charge in [-0.15, -0.1) is 0 Å². The van der Waals surface area contributed by atoms with Crippen molar-refractivity contribution in [3.05, 3.63) is 58.7 Å². The Morgan fingerprint density at radius 2 is 1.84 bits per heavy atom. The quantitative estimate of drug-likeness (QED) is 0.448. The fourth-order valence-corrected chi connectivity index (χ4v) is 4.46. The van der Waals surface area contributed by atoms with Crippen LogP contribution in [-0.2, 0) is 17.6 Å². The second-order valence-corrected chi connectivity index (χ2v) is 8.57. The first kappa shape index (κ1) is 23.0. The van der Waals surface area contributed by atoms with Crippen molar-refractivity contribution in [3.8, 4) is 5.75 Å². The molecule has 0 unspecified atom stereocenters. The topological polar surface area (TPSA) is 103 Å². The number of nitrogens with one attached hydrogen (secondary N) is 2. The van der Waals surface area contributed by atoms with E-state index in [1.54, 1.807) is 0 Å². The first-order valence-corrected chi connectivity index (χ1v) is 11.6. The molecule has 1 fully saturated rings. The maximum atomic E-state index is 10.7. The van der Waals surface area contributed by atoms with Crippen molar-refractivity contribution in [3.63, 3.8) is 0 Å². The second kappa shape index (κ2) is 10.2. The lowest BCUT2D eigenvalue weighted by Gasteiger charge is -2.41. The normalized spacial score (nSPS) is 27.3. The van der Waals surface area contributed by atoms with Crippen LogP contribution < -0.4 is 15.4 Å². The van der Waals surface area contributed by atoms with E-state index in [2.05, 4.69) is 41.8 Å². The molecule has 0 spiro atoms. The number of aliphatic hydroxyl groups excluding tert-OH is 3. The van der Waals surface area contributed by atoms with Crippen LogP contribution in [0.5, 0.6) is 5.75 Å². The SMILES string of the molecule is CCCN[C@H]1O[C@@H](c2ccc(CC)c(Cc3ccc4c(c3)NCCO4)c2)[C@H](O)[C@@H](O)[C@@H]1O. The Morgan fingerprint density at radius 1 is 1.00 bits per heavy atom. The van der Waals surface area contributed by atoms with Crippen molar-refractivity contribution in [2.45, 2.75) is 63.8 Å². The van der Waals surface area contributed by atoms with Crippen molar-refractivity contribution in [2.75, 3.05) is 25.0 Å². The summed E-state index contributed by atoms with van der Waals surface area (Å²) < 4.78 is 11.7. The molecule has 5 N–H and O–H groups in total. The predicted molar refractivity (Wildman–Crippen MR) is 123 cm³/mol. The average molecular weight is 443 g/mol. The highest BCUT2D eigenvalue weighted by molar-refractivity contribution is 5.59. The van der Waals surface area contributed by atoms with Crippen LogP contribution in [0.1, 0.15) is 48.6 Å². The molecule has 7 heteroatoms. The van der Waals surface area contributed by atoms with E-state index < -0.39 is 30.6 Å². The van der Waals surface area contributed by atoms with Crippen molar-refractivity contribution in [1.29, 1.82) is 0 Å². The molecule has 1 saturated heterocycles. The van der Waals surface area contributed by atoms with E-state index >= 15 is 0 Å². The van der Waals surface area contributed by atoms with Crippen LogP contribution in [0.4, 0.5) is 5.69 Å². The molecule has 0 amide bonds. The Bertz CT molecular complexity index is 921. The van der Waals surface area contributed by atoms with E-state index in [1.165, 1.54) is 5.56 Å². The Morgan fingerprint density at radius 3 is 2.62 bits per heavy atom. The zero-order valence-corrected chi connectivity index (χ0v) is 18.8. The Labute approximate surface area is 189 Å². The van der Waals surface area contributed by atoms with Gasteiger partial charge in [-0.3, -0.25) is 5.32 Å². The van der Waals surface area contributed by atoms with E-state index in [1.807, 2.05) is 19.1 Å². The summed E-state index contributed by atoms with van der Waals surface area (Å²) in [6, 6.07) is 12.3. The minimum absolute atomic E-state index is 0.646. The van der Waals surface area contributed by atoms with Gasteiger partial charge < -0.3 is 30.1 Å². The lowest BCUT2D eigenvalue weighted by molar-refractivity contribution is -0.232. The molecule has 0 aromatic heterocycles. The molecule has 0 bridgehead atoms. The van der Waals surface area contributed by atoms with Crippen molar-refractivity contribution < 1.29 is 24.8 Å². The fourth-order valence-electron chi connectivity index (χ4n) is 4.46. The molecule has 0 radical (unpaired) electrons. The number of hydrogen-bond acceptors (Lipinski definition) is 7. The van der Waals surface area contributed by atoms with E-state index in [0.29, 0.717) is 13.2 Å². The predicted octanol–water partition coefficient (Wildman–Crippen LogP) is 2.12. The zero-order valence-electron chi connectivity index (χ0n) is 18.8. The van der Waals surface area contributed by atoms with Gasteiger partial charge in [-0.1, -0.05) is 38.1 Å². The zero-order chi connectivity index (χ0) is 22.7. The highest BCUT2D eigenvalue weighted by atomic mass is 16.5. The summed E-state index contributed by atoms with van der Waals surface area (Å²) in [5.41, 5.74) is 5.34. The minimum Gasteiger partial charge on any atom is -0.490 e. The van der Waals surface area contributed by atoms with Crippen LogP contribution >= 0.6 is 0 Å². The molecule has 2 aliphatic rings. The molecular weight excluding hydrogens is 408 g/mol. The van der Waals surface area contributed by atoms with E-state index in [0.717, 1.165) is 53.9 Å². The first-order chi connectivity index (χ1) is 15.5. The van der Waals surface area contributed by atoms with Crippen LogP contribution in [0.15, 0.2) is 36.4 Å². The molecule has 2 heterocycles. The largest absolute Gasteiger partial charge is 0.490 e. The van der Waals surface area contributed by atoms with Gasteiger partial charge >= 0.3 is 0 Å². The van der Waals surface area contributed by atoms with Gasteiger partial charge in [-0.05, 0) is 60.2 Å². The molecule has 7 nitrogen and oxygen atoms in total. The van der Waals surface area contributed by atoms with Gasteiger partial charge in [-0.2, -0.15) is 0 Å². The molecule has 174 valence electrons. The molecule has 32 heavy (non-hydrogen) atoms. The number of fused-ring (bicyclic) bond motifs is 1. The summed E-state index contributed by atoms with van der Waals surface area (Å²) in [5, 5.41) is 37.9. The molecular formula is C25H34N2O5. The number of benzene rings is 2. The highest BCUT2D eigenvalue weighted by Crippen LogP contribution is 2.34. The monoisotopic (exact) mass is 442 g/mol. The summed E-state index contributed by atoms with van der Waals surface area (Å²) in [5.74, 6) is 0.876.